The van der Waals surface area contributed by atoms with Gasteiger partial charge in [0.15, 0.2) is 12.4 Å². The summed E-state index contributed by atoms with van der Waals surface area (Å²) in [4.78, 5) is 29.9. The van der Waals surface area contributed by atoms with Gasteiger partial charge in [-0.3, -0.25) is 9.59 Å². The Kier molecular flexibility index (Phi) is 6.36. The lowest BCUT2D eigenvalue weighted by Gasteiger charge is -2.04. The fourth-order valence-electron chi connectivity index (χ4n) is 2.59. The van der Waals surface area contributed by atoms with Crippen LogP contribution in [-0.4, -0.2) is 21.9 Å². The van der Waals surface area contributed by atoms with Crippen molar-refractivity contribution in [1.29, 1.82) is 0 Å². The maximum Gasteiger partial charge on any atom is 0.306 e. The van der Waals surface area contributed by atoms with Crippen LogP contribution in [-0.2, 0) is 16.1 Å². The lowest BCUT2D eigenvalue weighted by atomic mass is 10.0. The number of aromatic nitrogens is 2. The molecule has 2 aromatic heterocycles. The van der Waals surface area contributed by atoms with E-state index in [4.69, 9.17) is 9.26 Å². The highest BCUT2D eigenvalue weighted by Gasteiger charge is 2.14. The predicted octanol–water partition coefficient (Wildman–Crippen LogP) is 4.94. The molecule has 0 unspecified atom stereocenters. The van der Waals surface area contributed by atoms with E-state index in [2.05, 4.69) is 24.0 Å². The van der Waals surface area contributed by atoms with Gasteiger partial charge in [-0.25, -0.2) is 0 Å². The van der Waals surface area contributed by atoms with Crippen molar-refractivity contribution >= 4 is 23.1 Å². The van der Waals surface area contributed by atoms with Crippen molar-refractivity contribution in [3.8, 4) is 11.4 Å². The van der Waals surface area contributed by atoms with Crippen LogP contribution in [0.15, 0.2) is 40.9 Å². The molecule has 0 aliphatic rings. The van der Waals surface area contributed by atoms with Crippen LogP contribution in [0.1, 0.15) is 58.6 Å². The average molecular weight is 398 g/mol. The zero-order chi connectivity index (χ0) is 20.1. The van der Waals surface area contributed by atoms with Gasteiger partial charge in [-0.1, -0.05) is 43.3 Å². The molecule has 0 N–H and O–H groups in total. The molecule has 0 aliphatic carbocycles. The van der Waals surface area contributed by atoms with E-state index in [0.717, 1.165) is 10.4 Å². The number of aryl methyl sites for hydroxylation is 1. The summed E-state index contributed by atoms with van der Waals surface area (Å²) in [7, 11) is 0. The fourth-order valence-corrected chi connectivity index (χ4v) is 3.42. The van der Waals surface area contributed by atoms with Crippen molar-refractivity contribution in [2.24, 2.45) is 0 Å². The number of benzene rings is 1. The van der Waals surface area contributed by atoms with Gasteiger partial charge in [0.05, 0.1) is 11.3 Å². The third kappa shape index (κ3) is 5.13. The molecule has 2 heterocycles. The lowest BCUT2D eigenvalue weighted by Crippen LogP contribution is -2.07. The van der Waals surface area contributed by atoms with E-state index in [9.17, 15) is 9.59 Å². The molecule has 0 saturated heterocycles. The van der Waals surface area contributed by atoms with Gasteiger partial charge in [0.2, 0.25) is 5.82 Å². The van der Waals surface area contributed by atoms with Crippen molar-refractivity contribution in [3.05, 3.63) is 57.6 Å². The molecule has 1 aromatic carbocycles. The number of ketones is 1. The molecule has 0 spiro atoms. The van der Waals surface area contributed by atoms with Gasteiger partial charge in [-0.15, -0.1) is 11.3 Å². The van der Waals surface area contributed by atoms with Crippen LogP contribution in [0, 0.1) is 6.92 Å². The maximum atomic E-state index is 12.0. The van der Waals surface area contributed by atoms with Gasteiger partial charge in [0.25, 0.3) is 5.89 Å². The molecule has 7 heteroatoms. The second-order valence-electron chi connectivity index (χ2n) is 6.78. The normalized spacial score (nSPS) is 11.0. The number of nitrogens with zero attached hydrogens (tertiary/aromatic N) is 2. The first-order valence-electron chi connectivity index (χ1n) is 9.10. The molecule has 0 amide bonds. The minimum Gasteiger partial charge on any atom is -0.456 e. The predicted molar refractivity (Wildman–Crippen MR) is 106 cm³/mol. The number of esters is 1. The number of Topliss-reactive ketones (excluding diaryl/α,β-unsaturated/α-hetero) is 1. The standard InChI is InChI=1S/C21H22N2O4S/c1-13(2)15-5-7-16(8-6-15)21-22-19(27-23-21)12-26-20(25)11-9-17(24)18-10-4-14(3)28-18/h4-8,10,13H,9,11-12H2,1-3H3. The van der Waals surface area contributed by atoms with E-state index < -0.39 is 5.97 Å². The summed E-state index contributed by atoms with van der Waals surface area (Å²) in [5, 5.41) is 3.92. The van der Waals surface area contributed by atoms with Crippen LogP contribution in [0.25, 0.3) is 11.4 Å². The molecule has 0 aliphatic heterocycles. The summed E-state index contributed by atoms with van der Waals surface area (Å²) in [5.74, 6) is 0.591. The molecule has 6 nitrogen and oxygen atoms in total. The largest absolute Gasteiger partial charge is 0.456 e. The van der Waals surface area contributed by atoms with E-state index in [0.29, 0.717) is 16.6 Å². The van der Waals surface area contributed by atoms with Crippen LogP contribution in [0.4, 0.5) is 0 Å². The van der Waals surface area contributed by atoms with E-state index in [1.807, 2.05) is 37.3 Å². The van der Waals surface area contributed by atoms with Gasteiger partial charge in [0.1, 0.15) is 0 Å². The number of carbonyl (C=O) groups is 2. The Morgan fingerprint density at radius 2 is 1.86 bits per heavy atom. The molecule has 0 radical (unpaired) electrons. The minimum absolute atomic E-state index is 0.0213. The Balaban J connectivity index is 1.48. The summed E-state index contributed by atoms with van der Waals surface area (Å²) in [6.45, 7) is 6.09. The van der Waals surface area contributed by atoms with Crippen molar-refractivity contribution in [2.75, 3.05) is 0 Å². The van der Waals surface area contributed by atoms with Gasteiger partial charge in [-0.2, -0.15) is 4.98 Å². The number of ether oxygens (including phenoxy) is 1. The quantitative estimate of drug-likeness (QED) is 0.395. The van der Waals surface area contributed by atoms with Crippen molar-refractivity contribution in [1.82, 2.24) is 10.1 Å². The number of thiophene rings is 1. The summed E-state index contributed by atoms with van der Waals surface area (Å²) in [6.07, 6.45) is 0.142. The van der Waals surface area contributed by atoms with Gasteiger partial charge < -0.3 is 9.26 Å². The number of hydrogen-bond donors (Lipinski definition) is 0. The van der Waals surface area contributed by atoms with E-state index in [1.165, 1.54) is 16.9 Å². The van der Waals surface area contributed by atoms with Crippen molar-refractivity contribution in [2.45, 2.75) is 46.1 Å². The van der Waals surface area contributed by atoms with Gasteiger partial charge >= 0.3 is 5.97 Å². The first-order valence-corrected chi connectivity index (χ1v) is 9.92. The first-order chi connectivity index (χ1) is 13.4. The molecule has 3 aromatic rings. The Hall–Kier alpha value is -2.80. The number of rotatable bonds is 8. The highest BCUT2D eigenvalue weighted by atomic mass is 32.1. The molecular weight excluding hydrogens is 376 g/mol. The first kappa shape index (κ1) is 19.9. The Morgan fingerprint density at radius 1 is 1.11 bits per heavy atom. The molecule has 0 saturated carbocycles. The summed E-state index contributed by atoms with van der Waals surface area (Å²) in [5.41, 5.74) is 2.07. The zero-order valence-corrected chi connectivity index (χ0v) is 16.9. The SMILES string of the molecule is Cc1ccc(C(=O)CCC(=O)OCc2nc(-c3ccc(C(C)C)cc3)no2)s1. The zero-order valence-electron chi connectivity index (χ0n) is 16.1. The van der Waals surface area contributed by atoms with E-state index in [-0.39, 0.29) is 31.1 Å². The third-order valence-corrected chi connectivity index (χ3v) is 5.27. The van der Waals surface area contributed by atoms with Crippen LogP contribution in [0.2, 0.25) is 0 Å². The third-order valence-electron chi connectivity index (χ3n) is 4.23. The molecule has 28 heavy (non-hydrogen) atoms. The Morgan fingerprint density at radius 3 is 2.50 bits per heavy atom. The minimum atomic E-state index is -0.470. The van der Waals surface area contributed by atoms with Crippen LogP contribution in [0.3, 0.4) is 0 Å². The van der Waals surface area contributed by atoms with Crippen LogP contribution in [0.5, 0.6) is 0 Å². The topological polar surface area (TPSA) is 82.3 Å². The monoisotopic (exact) mass is 398 g/mol. The smallest absolute Gasteiger partial charge is 0.306 e. The fraction of sp³-hybridized carbons (Fsp3) is 0.333. The summed E-state index contributed by atoms with van der Waals surface area (Å²) >= 11 is 1.43. The van der Waals surface area contributed by atoms with Gasteiger partial charge in [-0.05, 0) is 30.5 Å². The van der Waals surface area contributed by atoms with E-state index >= 15 is 0 Å². The molecule has 146 valence electrons. The summed E-state index contributed by atoms with van der Waals surface area (Å²) < 4.78 is 10.3. The number of carbonyl (C=O) groups excluding carboxylic acids is 2. The molecule has 0 bridgehead atoms. The Bertz CT molecular complexity index is 957. The summed E-state index contributed by atoms with van der Waals surface area (Å²) in [6, 6.07) is 11.6. The maximum absolute atomic E-state index is 12.0. The molecule has 0 atom stereocenters. The Labute approximate surface area is 167 Å². The van der Waals surface area contributed by atoms with Crippen LogP contribution >= 0.6 is 11.3 Å². The second-order valence-corrected chi connectivity index (χ2v) is 8.07. The van der Waals surface area contributed by atoms with E-state index in [1.54, 1.807) is 6.07 Å². The average Bonchev–Trinajstić information content (AvgIpc) is 3.33. The second kappa shape index (κ2) is 8.93. The van der Waals surface area contributed by atoms with Gasteiger partial charge in [0, 0.05) is 16.9 Å². The molecular formula is C21H22N2O4S. The number of hydrogen-bond acceptors (Lipinski definition) is 7. The van der Waals surface area contributed by atoms with Crippen LogP contribution < -0.4 is 0 Å². The highest BCUT2D eigenvalue weighted by molar-refractivity contribution is 7.14. The molecule has 3 rings (SSSR count). The van der Waals surface area contributed by atoms with Crippen molar-refractivity contribution in [3.63, 3.8) is 0 Å². The molecule has 0 fully saturated rings. The van der Waals surface area contributed by atoms with Crippen molar-refractivity contribution < 1.29 is 18.8 Å². The lowest BCUT2D eigenvalue weighted by molar-refractivity contribution is -0.145. The highest BCUT2D eigenvalue weighted by Crippen LogP contribution is 2.21.